The molecule has 0 saturated carbocycles. The lowest BCUT2D eigenvalue weighted by molar-refractivity contribution is -0.121. The zero-order chi connectivity index (χ0) is 17.1. The molecule has 6 nitrogen and oxygen atoms in total. The maximum absolute atomic E-state index is 12.3. The Bertz CT molecular complexity index is 589. The molecule has 0 bridgehead atoms. The van der Waals surface area contributed by atoms with E-state index in [1.54, 1.807) is 0 Å². The number of carbonyl (C=O) groups is 2. The number of aryl methyl sites for hydroxylation is 1. The minimum atomic E-state index is -0.421. The Morgan fingerprint density at radius 3 is 2.48 bits per heavy atom. The summed E-state index contributed by atoms with van der Waals surface area (Å²) in [5, 5.41) is 3.42. The van der Waals surface area contributed by atoms with E-state index in [1.807, 2.05) is 27.7 Å². The SMILES string of the molecule is COC(=O)c1c(NC(=O)CN2C[C@@H](C)O[C@H](C)C2)sc(C)c1C. The number of ether oxygens (including phenoxy) is 2. The van der Waals surface area contributed by atoms with Crippen molar-refractivity contribution in [1.82, 2.24) is 4.90 Å². The van der Waals surface area contributed by atoms with E-state index in [0.29, 0.717) is 10.6 Å². The van der Waals surface area contributed by atoms with Crippen LogP contribution < -0.4 is 5.32 Å². The van der Waals surface area contributed by atoms with Crippen LogP contribution in [0.2, 0.25) is 0 Å². The Labute approximate surface area is 140 Å². The number of esters is 1. The molecule has 1 fully saturated rings. The third-order valence-corrected chi connectivity index (χ3v) is 5.01. The average molecular weight is 340 g/mol. The zero-order valence-corrected chi connectivity index (χ0v) is 15.1. The van der Waals surface area contributed by atoms with E-state index in [1.165, 1.54) is 18.4 Å². The van der Waals surface area contributed by atoms with Gasteiger partial charge >= 0.3 is 5.97 Å². The van der Waals surface area contributed by atoms with Crippen LogP contribution in [0.3, 0.4) is 0 Å². The van der Waals surface area contributed by atoms with E-state index in [9.17, 15) is 9.59 Å². The predicted octanol–water partition coefficient (Wildman–Crippen LogP) is 2.20. The lowest BCUT2D eigenvalue weighted by atomic mass is 10.1. The molecule has 7 heteroatoms. The lowest BCUT2D eigenvalue weighted by Crippen LogP contribution is -2.48. The molecule has 0 aromatic carbocycles. The van der Waals surface area contributed by atoms with E-state index in [2.05, 4.69) is 10.2 Å². The van der Waals surface area contributed by atoms with Crippen molar-refractivity contribution in [3.8, 4) is 0 Å². The van der Waals surface area contributed by atoms with Gasteiger partial charge in [0.2, 0.25) is 5.91 Å². The highest BCUT2D eigenvalue weighted by Gasteiger charge is 2.25. The number of rotatable bonds is 4. The maximum atomic E-state index is 12.3. The van der Waals surface area contributed by atoms with Gasteiger partial charge in [-0.1, -0.05) is 0 Å². The zero-order valence-electron chi connectivity index (χ0n) is 14.3. The number of hydrogen-bond acceptors (Lipinski definition) is 6. The number of nitrogens with zero attached hydrogens (tertiary/aromatic N) is 1. The highest BCUT2D eigenvalue weighted by atomic mass is 32.1. The molecule has 0 unspecified atom stereocenters. The maximum Gasteiger partial charge on any atom is 0.341 e. The van der Waals surface area contributed by atoms with Crippen molar-refractivity contribution in [1.29, 1.82) is 0 Å². The minimum absolute atomic E-state index is 0.114. The molecule has 1 amide bonds. The van der Waals surface area contributed by atoms with Gasteiger partial charge in [0, 0.05) is 18.0 Å². The Morgan fingerprint density at radius 1 is 1.30 bits per heavy atom. The second-order valence-electron chi connectivity index (χ2n) is 5.98. The molecule has 2 atom stereocenters. The number of anilines is 1. The Hall–Kier alpha value is -1.44. The number of morpholine rings is 1. The van der Waals surface area contributed by atoms with Crippen molar-refractivity contribution < 1.29 is 19.1 Å². The Kier molecular flexibility index (Phi) is 5.78. The molecule has 128 valence electrons. The molecule has 1 aromatic heterocycles. The van der Waals surface area contributed by atoms with E-state index in [0.717, 1.165) is 23.5 Å². The number of thiophene rings is 1. The summed E-state index contributed by atoms with van der Waals surface area (Å²) in [6.07, 6.45) is 0.229. The van der Waals surface area contributed by atoms with Crippen LogP contribution in [0.5, 0.6) is 0 Å². The molecule has 2 rings (SSSR count). The summed E-state index contributed by atoms with van der Waals surface area (Å²) in [5.74, 6) is -0.548. The number of amides is 1. The Morgan fingerprint density at radius 2 is 1.91 bits per heavy atom. The molecule has 0 aliphatic carbocycles. The summed E-state index contributed by atoms with van der Waals surface area (Å²) in [6.45, 7) is 9.53. The quantitative estimate of drug-likeness (QED) is 0.851. The van der Waals surface area contributed by atoms with Crippen molar-refractivity contribution in [2.75, 3.05) is 32.1 Å². The highest BCUT2D eigenvalue weighted by Crippen LogP contribution is 2.32. The highest BCUT2D eigenvalue weighted by molar-refractivity contribution is 7.16. The van der Waals surface area contributed by atoms with Crippen LogP contribution in [0.25, 0.3) is 0 Å². The second-order valence-corrected chi connectivity index (χ2v) is 7.20. The van der Waals surface area contributed by atoms with Gasteiger partial charge in [-0.3, -0.25) is 9.69 Å². The van der Waals surface area contributed by atoms with Crippen LogP contribution in [-0.2, 0) is 14.3 Å². The second kappa shape index (κ2) is 7.42. The third-order valence-electron chi connectivity index (χ3n) is 3.89. The topological polar surface area (TPSA) is 67.9 Å². The van der Waals surface area contributed by atoms with Crippen molar-refractivity contribution in [2.45, 2.75) is 39.9 Å². The molecule has 1 aliphatic rings. The molecule has 2 heterocycles. The fraction of sp³-hybridized carbons (Fsp3) is 0.625. The monoisotopic (exact) mass is 340 g/mol. The van der Waals surface area contributed by atoms with Crippen LogP contribution in [0.15, 0.2) is 0 Å². The fourth-order valence-electron chi connectivity index (χ4n) is 2.85. The van der Waals surface area contributed by atoms with Gasteiger partial charge in [0.05, 0.1) is 31.4 Å². The number of nitrogens with one attached hydrogen (secondary N) is 1. The van der Waals surface area contributed by atoms with E-state index in [4.69, 9.17) is 9.47 Å². The molecule has 23 heavy (non-hydrogen) atoms. The summed E-state index contributed by atoms with van der Waals surface area (Å²) in [7, 11) is 1.34. The third kappa shape index (κ3) is 4.31. The first-order valence-electron chi connectivity index (χ1n) is 7.67. The molecule has 1 saturated heterocycles. The smallest absolute Gasteiger partial charge is 0.341 e. The van der Waals surface area contributed by atoms with Gasteiger partial charge in [-0.15, -0.1) is 11.3 Å². The van der Waals surface area contributed by atoms with Crippen LogP contribution in [-0.4, -0.2) is 55.7 Å². The first-order valence-corrected chi connectivity index (χ1v) is 8.49. The standard InChI is InChI=1S/C16H24N2O4S/c1-9-6-18(7-10(2)22-9)8-13(19)17-15-14(16(20)21-5)11(3)12(4)23-15/h9-10H,6-8H2,1-5H3,(H,17,19)/t9-,10-/m1/s1. The number of methoxy groups -OCH3 is 1. The van der Waals surface area contributed by atoms with E-state index in [-0.39, 0.29) is 24.7 Å². The lowest BCUT2D eigenvalue weighted by Gasteiger charge is -2.34. The van der Waals surface area contributed by atoms with Gasteiger partial charge in [-0.25, -0.2) is 4.79 Å². The molecule has 1 N–H and O–H groups in total. The average Bonchev–Trinajstić information content (AvgIpc) is 2.71. The Balaban J connectivity index is 2.06. The minimum Gasteiger partial charge on any atom is -0.465 e. The van der Waals surface area contributed by atoms with Crippen molar-refractivity contribution in [3.05, 3.63) is 16.0 Å². The van der Waals surface area contributed by atoms with Gasteiger partial charge < -0.3 is 14.8 Å². The summed E-state index contributed by atoms with van der Waals surface area (Å²) in [6, 6.07) is 0. The van der Waals surface area contributed by atoms with Crippen LogP contribution in [0, 0.1) is 13.8 Å². The summed E-state index contributed by atoms with van der Waals surface area (Å²) in [4.78, 5) is 27.3. The van der Waals surface area contributed by atoms with Gasteiger partial charge in [0.1, 0.15) is 5.00 Å². The van der Waals surface area contributed by atoms with Crippen LogP contribution in [0.4, 0.5) is 5.00 Å². The molecule has 0 radical (unpaired) electrons. The van der Waals surface area contributed by atoms with E-state index >= 15 is 0 Å². The van der Waals surface area contributed by atoms with E-state index < -0.39 is 5.97 Å². The van der Waals surface area contributed by atoms with Gasteiger partial charge in [-0.2, -0.15) is 0 Å². The first-order chi connectivity index (χ1) is 10.8. The first kappa shape index (κ1) is 17.9. The molecule has 1 aromatic rings. The van der Waals surface area contributed by atoms with Gasteiger partial charge in [0.15, 0.2) is 0 Å². The van der Waals surface area contributed by atoms with Gasteiger partial charge in [-0.05, 0) is 33.3 Å². The van der Waals surface area contributed by atoms with Crippen molar-refractivity contribution >= 4 is 28.2 Å². The largest absolute Gasteiger partial charge is 0.465 e. The fourth-order valence-corrected chi connectivity index (χ4v) is 3.91. The molecular formula is C16H24N2O4S. The molecule has 0 spiro atoms. The molecule has 1 aliphatic heterocycles. The summed E-state index contributed by atoms with van der Waals surface area (Å²) in [5.41, 5.74) is 1.30. The normalized spacial score (nSPS) is 22.0. The number of hydrogen-bond donors (Lipinski definition) is 1. The molecular weight excluding hydrogens is 316 g/mol. The summed E-state index contributed by atoms with van der Waals surface area (Å²) >= 11 is 1.40. The van der Waals surface area contributed by atoms with Crippen LogP contribution >= 0.6 is 11.3 Å². The predicted molar refractivity (Wildman–Crippen MR) is 90.2 cm³/mol. The van der Waals surface area contributed by atoms with Gasteiger partial charge in [0.25, 0.3) is 0 Å². The van der Waals surface area contributed by atoms with Crippen molar-refractivity contribution in [2.24, 2.45) is 0 Å². The number of carbonyl (C=O) groups excluding carboxylic acids is 2. The summed E-state index contributed by atoms with van der Waals surface area (Å²) < 4.78 is 10.5. The van der Waals surface area contributed by atoms with Crippen LogP contribution in [0.1, 0.15) is 34.6 Å². The van der Waals surface area contributed by atoms with Crippen molar-refractivity contribution in [3.63, 3.8) is 0 Å².